The average Bonchev–Trinajstić information content (AvgIpc) is 3.17. The maximum Gasteiger partial charge on any atom is 0.355 e. The number of fused-ring (bicyclic) bond motifs is 1. The molecule has 1 fully saturated rings. The molecule has 1 saturated heterocycles. The van der Waals surface area contributed by atoms with Crippen LogP contribution in [0.15, 0.2) is 41.7 Å². The Morgan fingerprint density at radius 2 is 2.03 bits per heavy atom. The summed E-state index contributed by atoms with van der Waals surface area (Å²) in [6.07, 6.45) is 3.59. The third-order valence-corrected chi connectivity index (χ3v) is 5.80. The van der Waals surface area contributed by atoms with Gasteiger partial charge in [-0.1, -0.05) is 11.2 Å². The largest absolute Gasteiger partial charge is 0.464 e. The fourth-order valence-corrected chi connectivity index (χ4v) is 3.95. The second kappa shape index (κ2) is 7.79. The average molecular weight is 396 g/mol. The number of ether oxygens (including phenoxy) is 1. The normalized spacial score (nSPS) is 19.4. The van der Waals surface area contributed by atoms with E-state index in [0.29, 0.717) is 38.1 Å². The summed E-state index contributed by atoms with van der Waals surface area (Å²) in [5.41, 5.74) is 1.47. The number of anilines is 1. The molecule has 1 amide bonds. The number of benzene rings is 1. The lowest BCUT2D eigenvalue weighted by atomic mass is 9.86. The predicted octanol–water partition coefficient (Wildman–Crippen LogP) is 2.35. The highest BCUT2D eigenvalue weighted by atomic mass is 16.7. The molecule has 0 saturated carbocycles. The third-order valence-electron chi connectivity index (χ3n) is 5.80. The van der Waals surface area contributed by atoms with Gasteiger partial charge in [0.05, 0.1) is 24.4 Å². The van der Waals surface area contributed by atoms with E-state index in [4.69, 9.17) is 9.57 Å². The second-order valence-electron chi connectivity index (χ2n) is 7.56. The molecule has 1 spiro atoms. The van der Waals surface area contributed by atoms with E-state index < -0.39 is 11.6 Å². The lowest BCUT2D eigenvalue weighted by molar-refractivity contribution is -0.132. The van der Waals surface area contributed by atoms with Crippen molar-refractivity contribution in [3.05, 3.63) is 36.5 Å². The summed E-state index contributed by atoms with van der Waals surface area (Å²) in [7, 11) is 1.34. The fraction of sp³-hybridized carbons (Fsp3) is 0.429. The molecule has 2 aliphatic heterocycles. The first-order valence-corrected chi connectivity index (χ1v) is 9.73. The number of nitrogens with zero attached hydrogens (tertiary/aromatic N) is 3. The van der Waals surface area contributed by atoms with Crippen molar-refractivity contribution in [3.63, 3.8) is 0 Å². The number of methoxy groups -OCH3 is 1. The smallest absolute Gasteiger partial charge is 0.355 e. The van der Waals surface area contributed by atoms with Gasteiger partial charge >= 0.3 is 5.97 Å². The third kappa shape index (κ3) is 3.80. The second-order valence-corrected chi connectivity index (χ2v) is 7.56. The summed E-state index contributed by atoms with van der Waals surface area (Å²) in [6, 6.07) is 9.21. The number of likely N-dealkylation sites (tertiary alicyclic amines) is 1. The van der Waals surface area contributed by atoms with Gasteiger partial charge in [-0.2, -0.15) is 0 Å². The van der Waals surface area contributed by atoms with E-state index in [1.165, 1.54) is 7.11 Å². The summed E-state index contributed by atoms with van der Waals surface area (Å²) >= 11 is 0. The van der Waals surface area contributed by atoms with Crippen LogP contribution < -0.4 is 5.32 Å². The molecular formula is C21H24N4O4. The van der Waals surface area contributed by atoms with E-state index in [-0.39, 0.29) is 11.9 Å². The molecule has 0 bridgehead atoms. The van der Waals surface area contributed by atoms with Gasteiger partial charge in [0, 0.05) is 43.9 Å². The molecule has 1 aromatic carbocycles. The zero-order valence-corrected chi connectivity index (χ0v) is 16.6. The van der Waals surface area contributed by atoms with E-state index in [9.17, 15) is 9.59 Å². The molecule has 3 heterocycles. The number of carbonyl (C=O) groups excluding carboxylic acids is 2. The summed E-state index contributed by atoms with van der Waals surface area (Å²) in [5.74, 6) is -0.502. The zero-order chi connectivity index (χ0) is 20.4. The van der Waals surface area contributed by atoms with Crippen LogP contribution in [-0.2, 0) is 19.2 Å². The minimum atomic E-state index is -0.461. The van der Waals surface area contributed by atoms with Crippen molar-refractivity contribution in [2.45, 2.75) is 37.8 Å². The van der Waals surface area contributed by atoms with E-state index in [1.54, 1.807) is 6.20 Å². The highest BCUT2D eigenvalue weighted by Gasteiger charge is 2.45. The van der Waals surface area contributed by atoms with Crippen molar-refractivity contribution < 1.29 is 19.2 Å². The monoisotopic (exact) mass is 396 g/mol. The van der Waals surface area contributed by atoms with Crippen LogP contribution >= 0.6 is 0 Å². The van der Waals surface area contributed by atoms with Gasteiger partial charge in [0.1, 0.15) is 5.60 Å². The van der Waals surface area contributed by atoms with Gasteiger partial charge < -0.3 is 14.9 Å². The van der Waals surface area contributed by atoms with Crippen LogP contribution in [0.1, 0.15) is 26.2 Å². The lowest BCUT2D eigenvalue weighted by Gasteiger charge is -2.39. The van der Waals surface area contributed by atoms with Gasteiger partial charge in [-0.15, -0.1) is 0 Å². The quantitative estimate of drug-likeness (QED) is 0.798. The number of pyridine rings is 1. The number of hydrogen-bond acceptors (Lipinski definition) is 7. The Kier molecular flexibility index (Phi) is 5.19. The summed E-state index contributed by atoms with van der Waals surface area (Å²) in [5, 5.41) is 7.87. The van der Waals surface area contributed by atoms with E-state index >= 15 is 0 Å². The Morgan fingerprint density at radius 1 is 1.24 bits per heavy atom. The number of esters is 1. The minimum absolute atomic E-state index is 0.0591. The number of piperidine rings is 1. The molecular weight excluding hydrogens is 372 g/mol. The molecule has 2 aliphatic rings. The van der Waals surface area contributed by atoms with Gasteiger partial charge in [0.25, 0.3) is 0 Å². The molecule has 2 aromatic rings. The van der Waals surface area contributed by atoms with Crippen molar-refractivity contribution in [1.82, 2.24) is 9.88 Å². The Hall–Kier alpha value is -3.00. The zero-order valence-electron chi connectivity index (χ0n) is 16.6. The maximum absolute atomic E-state index is 12.9. The van der Waals surface area contributed by atoms with Crippen LogP contribution in [0.3, 0.4) is 0 Å². The van der Waals surface area contributed by atoms with Crippen molar-refractivity contribution in [2.75, 3.05) is 25.5 Å². The van der Waals surface area contributed by atoms with Crippen molar-refractivity contribution in [2.24, 2.45) is 5.16 Å². The Bertz CT molecular complexity index is 961. The van der Waals surface area contributed by atoms with Gasteiger partial charge in [0.2, 0.25) is 5.91 Å². The number of oxime groups is 1. The molecule has 1 N–H and O–H groups in total. The van der Waals surface area contributed by atoms with E-state index in [0.717, 1.165) is 16.6 Å². The number of aromatic nitrogens is 1. The molecule has 1 aromatic heterocycles. The number of carbonyl (C=O) groups is 2. The lowest BCUT2D eigenvalue weighted by Crippen LogP contribution is -2.51. The number of nitrogens with one attached hydrogen (secondary N) is 1. The first kappa shape index (κ1) is 19.3. The molecule has 8 heteroatoms. The number of rotatable bonds is 4. The fourth-order valence-electron chi connectivity index (χ4n) is 3.95. The van der Waals surface area contributed by atoms with Crippen LogP contribution in [0.2, 0.25) is 0 Å². The van der Waals surface area contributed by atoms with Crippen LogP contribution in [0.5, 0.6) is 0 Å². The number of hydrogen-bond donors (Lipinski definition) is 1. The van der Waals surface area contributed by atoms with Crippen molar-refractivity contribution in [3.8, 4) is 0 Å². The summed E-state index contributed by atoms with van der Waals surface area (Å²) in [6.45, 7) is 3.29. The van der Waals surface area contributed by atoms with Crippen molar-refractivity contribution >= 4 is 34.2 Å². The highest BCUT2D eigenvalue weighted by molar-refractivity contribution is 6.36. The van der Waals surface area contributed by atoms with Crippen molar-refractivity contribution in [1.29, 1.82) is 0 Å². The van der Waals surface area contributed by atoms with E-state index in [1.807, 2.05) is 37.3 Å². The molecule has 0 unspecified atom stereocenters. The topological polar surface area (TPSA) is 93.1 Å². The van der Waals surface area contributed by atoms with Crippen LogP contribution in [0.25, 0.3) is 10.9 Å². The van der Waals surface area contributed by atoms with Crippen LogP contribution in [0, 0.1) is 0 Å². The predicted molar refractivity (Wildman–Crippen MR) is 109 cm³/mol. The minimum Gasteiger partial charge on any atom is -0.464 e. The Balaban J connectivity index is 1.37. The molecule has 0 aliphatic carbocycles. The molecule has 0 radical (unpaired) electrons. The molecule has 4 rings (SSSR count). The SMILES string of the molecule is COC(=O)C1=NOC2(CCN([C@@H](C)C(=O)Nc3cccc4ncccc34)CC2)C1. The van der Waals surface area contributed by atoms with Gasteiger partial charge in [0.15, 0.2) is 5.71 Å². The Morgan fingerprint density at radius 3 is 2.79 bits per heavy atom. The molecule has 8 nitrogen and oxygen atoms in total. The molecule has 1 atom stereocenters. The van der Waals surface area contributed by atoms with Crippen LogP contribution in [-0.4, -0.2) is 59.3 Å². The maximum atomic E-state index is 12.9. The Labute approximate surface area is 168 Å². The van der Waals surface area contributed by atoms with E-state index in [2.05, 4.69) is 20.4 Å². The standard InChI is InChI=1S/C21H24N4O4/c1-14(19(26)23-17-7-3-6-16-15(17)5-4-10-22-16)25-11-8-21(9-12-25)13-18(24-29-21)20(27)28-2/h3-7,10,14H,8-9,11-13H2,1-2H3,(H,23,26)/t14-/m0/s1. The molecule has 152 valence electrons. The summed E-state index contributed by atoms with van der Waals surface area (Å²) in [4.78, 5) is 36.6. The van der Waals surface area contributed by atoms with Gasteiger partial charge in [-0.25, -0.2) is 4.79 Å². The molecule has 29 heavy (non-hydrogen) atoms. The first-order valence-electron chi connectivity index (χ1n) is 9.73. The summed E-state index contributed by atoms with van der Waals surface area (Å²) < 4.78 is 4.73. The highest BCUT2D eigenvalue weighted by Crippen LogP contribution is 2.35. The number of amides is 1. The van der Waals surface area contributed by atoms with Gasteiger partial charge in [-0.3, -0.25) is 14.7 Å². The van der Waals surface area contributed by atoms with Crippen LogP contribution in [0.4, 0.5) is 5.69 Å². The van der Waals surface area contributed by atoms with Gasteiger partial charge in [-0.05, 0) is 31.2 Å². The first-order chi connectivity index (χ1) is 14.0.